The Balaban J connectivity index is 1.80. The standard InChI is InChI=1S/C17H25N5OS/c1-11(2)15(16-20-19-14-7-5-6-8-22(14)16)18-17(23)21-9-12(3)24-13(4)10-21/h5-8,11-13,15H,9-10H2,1-4H3,(H,18,23)/t12-,13-,15-/m1/s1. The Morgan fingerprint density at radius 1 is 1.25 bits per heavy atom. The van der Waals surface area contributed by atoms with Gasteiger partial charge in [0, 0.05) is 29.8 Å². The Hall–Kier alpha value is -1.76. The Morgan fingerprint density at radius 2 is 1.96 bits per heavy atom. The third kappa shape index (κ3) is 3.50. The fourth-order valence-corrected chi connectivity index (χ4v) is 4.49. The molecule has 24 heavy (non-hydrogen) atoms. The Labute approximate surface area is 147 Å². The van der Waals surface area contributed by atoms with Crippen LogP contribution < -0.4 is 5.32 Å². The molecular weight excluding hydrogens is 322 g/mol. The number of nitrogens with one attached hydrogen (secondary N) is 1. The number of hydrogen-bond donors (Lipinski definition) is 1. The summed E-state index contributed by atoms with van der Waals surface area (Å²) >= 11 is 1.94. The average molecular weight is 347 g/mol. The van der Waals surface area contributed by atoms with Crippen LogP contribution in [0.15, 0.2) is 24.4 Å². The van der Waals surface area contributed by atoms with E-state index in [0.29, 0.717) is 10.5 Å². The van der Waals surface area contributed by atoms with Gasteiger partial charge in [0.1, 0.15) is 0 Å². The van der Waals surface area contributed by atoms with Gasteiger partial charge in [-0.1, -0.05) is 33.8 Å². The van der Waals surface area contributed by atoms with Crippen LogP contribution in [0.3, 0.4) is 0 Å². The van der Waals surface area contributed by atoms with E-state index in [1.807, 2.05) is 45.5 Å². The van der Waals surface area contributed by atoms with Gasteiger partial charge in [0.25, 0.3) is 0 Å². The van der Waals surface area contributed by atoms with Crippen molar-refractivity contribution in [2.24, 2.45) is 5.92 Å². The van der Waals surface area contributed by atoms with E-state index in [2.05, 4.69) is 43.2 Å². The predicted molar refractivity (Wildman–Crippen MR) is 97.2 cm³/mol. The molecule has 0 aliphatic carbocycles. The smallest absolute Gasteiger partial charge is 0.318 e. The SMILES string of the molecule is CC(C)[C@@H](NC(=O)N1C[C@@H](C)S[C@H](C)C1)c1nnc2ccccn12. The first-order chi connectivity index (χ1) is 11.5. The van der Waals surface area contributed by atoms with E-state index >= 15 is 0 Å². The number of amides is 2. The minimum absolute atomic E-state index is 0.0135. The second-order valence-corrected chi connectivity index (χ2v) is 8.70. The number of thioether (sulfide) groups is 1. The molecular formula is C17H25N5OS. The lowest BCUT2D eigenvalue weighted by atomic mass is 10.0. The fraction of sp³-hybridized carbons (Fsp3) is 0.588. The summed E-state index contributed by atoms with van der Waals surface area (Å²) in [4.78, 5) is 14.7. The molecule has 3 heterocycles. The maximum Gasteiger partial charge on any atom is 0.318 e. The Bertz CT molecular complexity index is 706. The van der Waals surface area contributed by atoms with Crippen molar-refractivity contribution < 1.29 is 4.79 Å². The van der Waals surface area contributed by atoms with Gasteiger partial charge in [-0.05, 0) is 18.1 Å². The monoisotopic (exact) mass is 347 g/mol. The predicted octanol–water partition coefficient (Wildman–Crippen LogP) is 2.96. The van der Waals surface area contributed by atoms with E-state index in [1.54, 1.807) is 0 Å². The summed E-state index contributed by atoms with van der Waals surface area (Å²) in [7, 11) is 0. The van der Waals surface area contributed by atoms with Crippen molar-refractivity contribution in [2.75, 3.05) is 13.1 Å². The molecule has 3 rings (SSSR count). The second kappa shape index (κ2) is 7.01. The van der Waals surface area contributed by atoms with Crippen LogP contribution in [0.1, 0.15) is 39.6 Å². The third-order valence-electron chi connectivity index (χ3n) is 4.27. The first-order valence-electron chi connectivity index (χ1n) is 8.46. The number of nitrogens with zero attached hydrogens (tertiary/aromatic N) is 4. The van der Waals surface area contributed by atoms with Crippen molar-refractivity contribution in [1.82, 2.24) is 24.8 Å². The zero-order valence-electron chi connectivity index (χ0n) is 14.6. The van der Waals surface area contributed by atoms with Gasteiger partial charge in [0.2, 0.25) is 0 Å². The molecule has 1 aliphatic rings. The van der Waals surface area contributed by atoms with Crippen molar-refractivity contribution in [3.8, 4) is 0 Å². The number of aromatic nitrogens is 3. The summed E-state index contributed by atoms with van der Waals surface area (Å²) in [5.74, 6) is 0.997. The van der Waals surface area contributed by atoms with E-state index in [1.165, 1.54) is 0 Å². The maximum absolute atomic E-state index is 12.8. The minimum Gasteiger partial charge on any atom is -0.328 e. The Morgan fingerprint density at radius 3 is 2.62 bits per heavy atom. The van der Waals surface area contributed by atoms with Gasteiger partial charge in [-0.25, -0.2) is 4.79 Å². The van der Waals surface area contributed by atoms with Crippen LogP contribution in [0, 0.1) is 5.92 Å². The zero-order valence-corrected chi connectivity index (χ0v) is 15.5. The molecule has 1 aliphatic heterocycles. The first-order valence-corrected chi connectivity index (χ1v) is 9.40. The van der Waals surface area contributed by atoms with Gasteiger partial charge in [-0.15, -0.1) is 10.2 Å². The molecule has 0 spiro atoms. The lowest BCUT2D eigenvalue weighted by Crippen LogP contribution is -2.50. The Kier molecular flexibility index (Phi) is 4.99. The van der Waals surface area contributed by atoms with Crippen LogP contribution in [0.4, 0.5) is 4.79 Å². The highest BCUT2D eigenvalue weighted by atomic mass is 32.2. The lowest BCUT2D eigenvalue weighted by Gasteiger charge is -2.35. The highest BCUT2D eigenvalue weighted by Crippen LogP contribution is 2.26. The van der Waals surface area contributed by atoms with E-state index in [0.717, 1.165) is 24.6 Å². The number of fused-ring (bicyclic) bond motifs is 1. The van der Waals surface area contributed by atoms with Crippen LogP contribution in [-0.2, 0) is 0 Å². The quantitative estimate of drug-likeness (QED) is 0.927. The topological polar surface area (TPSA) is 62.5 Å². The number of urea groups is 1. The number of pyridine rings is 1. The molecule has 0 bridgehead atoms. The molecule has 2 amide bonds. The number of carbonyl (C=O) groups excluding carboxylic acids is 1. The minimum atomic E-state index is -0.171. The fourth-order valence-electron chi connectivity index (χ4n) is 3.17. The van der Waals surface area contributed by atoms with Crippen LogP contribution in [0.25, 0.3) is 5.65 Å². The van der Waals surface area contributed by atoms with Gasteiger partial charge in [0.15, 0.2) is 11.5 Å². The van der Waals surface area contributed by atoms with E-state index in [4.69, 9.17) is 0 Å². The zero-order chi connectivity index (χ0) is 17.3. The van der Waals surface area contributed by atoms with E-state index in [9.17, 15) is 4.79 Å². The van der Waals surface area contributed by atoms with Gasteiger partial charge in [-0.2, -0.15) is 11.8 Å². The summed E-state index contributed by atoms with van der Waals surface area (Å²) in [6.45, 7) is 10.1. The number of rotatable bonds is 3. The number of hydrogen-bond acceptors (Lipinski definition) is 4. The molecule has 7 heteroatoms. The van der Waals surface area contributed by atoms with Crippen molar-refractivity contribution in [3.63, 3.8) is 0 Å². The first kappa shape index (κ1) is 17.1. The van der Waals surface area contributed by atoms with Crippen LogP contribution >= 0.6 is 11.8 Å². The second-order valence-electron chi connectivity index (χ2n) is 6.82. The maximum atomic E-state index is 12.8. The summed E-state index contributed by atoms with van der Waals surface area (Å²) in [6.07, 6.45) is 1.94. The molecule has 0 radical (unpaired) electrons. The van der Waals surface area contributed by atoms with Gasteiger partial charge in [0.05, 0.1) is 6.04 Å². The van der Waals surface area contributed by atoms with Crippen LogP contribution in [0.5, 0.6) is 0 Å². The van der Waals surface area contributed by atoms with Crippen molar-refractivity contribution in [2.45, 2.75) is 44.2 Å². The van der Waals surface area contributed by atoms with Crippen molar-refractivity contribution in [3.05, 3.63) is 30.2 Å². The molecule has 0 unspecified atom stereocenters. The molecule has 2 aromatic heterocycles. The highest BCUT2D eigenvalue weighted by Gasteiger charge is 2.29. The third-order valence-corrected chi connectivity index (χ3v) is 5.50. The average Bonchev–Trinajstić information content (AvgIpc) is 2.95. The van der Waals surface area contributed by atoms with Crippen LogP contribution in [0.2, 0.25) is 0 Å². The summed E-state index contributed by atoms with van der Waals surface area (Å²) in [5, 5.41) is 12.6. The molecule has 0 aromatic carbocycles. The molecule has 3 atom stereocenters. The molecule has 1 N–H and O–H groups in total. The summed E-state index contributed by atoms with van der Waals surface area (Å²) in [5.41, 5.74) is 0.795. The summed E-state index contributed by atoms with van der Waals surface area (Å²) < 4.78 is 1.95. The largest absolute Gasteiger partial charge is 0.328 e. The lowest BCUT2D eigenvalue weighted by molar-refractivity contribution is 0.188. The molecule has 130 valence electrons. The van der Waals surface area contributed by atoms with Crippen LogP contribution in [-0.4, -0.2) is 49.1 Å². The van der Waals surface area contributed by atoms with E-state index < -0.39 is 0 Å². The van der Waals surface area contributed by atoms with Crippen molar-refractivity contribution in [1.29, 1.82) is 0 Å². The van der Waals surface area contributed by atoms with Crippen molar-refractivity contribution >= 4 is 23.4 Å². The molecule has 1 fully saturated rings. The van der Waals surface area contributed by atoms with Gasteiger partial charge >= 0.3 is 6.03 Å². The molecule has 1 saturated heterocycles. The number of carbonyl (C=O) groups is 1. The van der Waals surface area contributed by atoms with E-state index in [-0.39, 0.29) is 18.0 Å². The molecule has 0 saturated carbocycles. The normalized spacial score (nSPS) is 22.8. The highest BCUT2D eigenvalue weighted by molar-refractivity contribution is 8.00. The van der Waals surface area contributed by atoms with Gasteiger partial charge in [-0.3, -0.25) is 4.40 Å². The van der Waals surface area contributed by atoms with Gasteiger partial charge < -0.3 is 10.2 Å². The summed E-state index contributed by atoms with van der Waals surface area (Å²) in [6, 6.07) is 5.62. The molecule has 2 aromatic rings. The molecule has 6 nitrogen and oxygen atoms in total.